The summed E-state index contributed by atoms with van der Waals surface area (Å²) in [5.74, 6) is 0.0575. The first-order chi connectivity index (χ1) is 9.75. The van der Waals surface area contributed by atoms with Gasteiger partial charge in [0.25, 0.3) is 0 Å². The second-order valence-corrected chi connectivity index (χ2v) is 5.01. The van der Waals surface area contributed by atoms with E-state index in [0.29, 0.717) is 5.56 Å². The fourth-order valence-electron chi connectivity index (χ4n) is 2.51. The second-order valence-electron chi connectivity index (χ2n) is 5.01. The van der Waals surface area contributed by atoms with Crippen LogP contribution < -0.4 is 5.32 Å². The van der Waals surface area contributed by atoms with Crippen molar-refractivity contribution in [1.29, 1.82) is 0 Å². The summed E-state index contributed by atoms with van der Waals surface area (Å²) >= 11 is 0. The molecule has 20 heavy (non-hydrogen) atoms. The summed E-state index contributed by atoms with van der Waals surface area (Å²) in [5, 5.41) is 13.7. The number of para-hydroxylation sites is 1. The van der Waals surface area contributed by atoms with Gasteiger partial charge < -0.3 is 15.4 Å². The zero-order valence-corrected chi connectivity index (χ0v) is 11.1. The van der Waals surface area contributed by atoms with E-state index in [1.807, 2.05) is 24.3 Å². The number of hydrogen-bond acceptors (Lipinski definition) is 3. The van der Waals surface area contributed by atoms with Crippen LogP contribution in [0.3, 0.4) is 0 Å². The first-order valence-electron chi connectivity index (χ1n) is 6.86. The van der Waals surface area contributed by atoms with Crippen molar-refractivity contribution in [2.45, 2.75) is 25.3 Å². The van der Waals surface area contributed by atoms with Crippen molar-refractivity contribution in [3.63, 3.8) is 0 Å². The number of benzene rings is 1. The highest BCUT2D eigenvalue weighted by Crippen LogP contribution is 2.25. The summed E-state index contributed by atoms with van der Waals surface area (Å²) < 4.78 is 0. The van der Waals surface area contributed by atoms with Gasteiger partial charge in [0.15, 0.2) is 5.88 Å². The number of aromatic amines is 1. The van der Waals surface area contributed by atoms with Crippen LogP contribution in [0.2, 0.25) is 0 Å². The molecule has 2 heterocycles. The average molecular weight is 271 g/mol. The van der Waals surface area contributed by atoms with Crippen LogP contribution in [0, 0.1) is 0 Å². The van der Waals surface area contributed by atoms with Gasteiger partial charge in [0.1, 0.15) is 6.04 Å². The zero-order chi connectivity index (χ0) is 13.9. The number of aliphatic imine (C=N–C) groups is 1. The Balaban J connectivity index is 1.90. The third kappa shape index (κ3) is 2.39. The van der Waals surface area contributed by atoms with Crippen LogP contribution in [-0.2, 0) is 4.79 Å². The van der Waals surface area contributed by atoms with E-state index in [2.05, 4.69) is 15.3 Å². The summed E-state index contributed by atoms with van der Waals surface area (Å²) in [6, 6.07) is 7.26. The van der Waals surface area contributed by atoms with Gasteiger partial charge in [0, 0.05) is 23.7 Å². The summed E-state index contributed by atoms with van der Waals surface area (Å²) in [7, 11) is 0. The van der Waals surface area contributed by atoms with Crippen LogP contribution in [-0.4, -0.2) is 34.8 Å². The number of nitrogens with zero attached hydrogens (tertiary/aromatic N) is 1. The van der Waals surface area contributed by atoms with Gasteiger partial charge in [-0.05, 0) is 25.3 Å². The first-order valence-corrected chi connectivity index (χ1v) is 6.86. The van der Waals surface area contributed by atoms with Crippen LogP contribution in [0.15, 0.2) is 29.3 Å². The normalized spacial score (nSPS) is 20.2. The Morgan fingerprint density at radius 3 is 3.05 bits per heavy atom. The lowest BCUT2D eigenvalue weighted by atomic mass is 10.1. The van der Waals surface area contributed by atoms with Crippen molar-refractivity contribution in [1.82, 2.24) is 10.3 Å². The molecule has 5 nitrogen and oxygen atoms in total. The highest BCUT2D eigenvalue weighted by Gasteiger charge is 2.19. The molecule has 3 N–H and O–H groups in total. The lowest BCUT2D eigenvalue weighted by molar-refractivity contribution is -0.121. The number of aromatic nitrogens is 1. The van der Waals surface area contributed by atoms with Crippen molar-refractivity contribution in [3.8, 4) is 5.88 Å². The number of nitrogens with one attached hydrogen (secondary N) is 2. The largest absolute Gasteiger partial charge is 0.494 e. The van der Waals surface area contributed by atoms with Gasteiger partial charge >= 0.3 is 0 Å². The number of fused-ring (bicyclic) bond motifs is 1. The van der Waals surface area contributed by atoms with Crippen molar-refractivity contribution in [2.24, 2.45) is 4.99 Å². The smallest absolute Gasteiger partial charge is 0.244 e. The van der Waals surface area contributed by atoms with E-state index in [1.54, 1.807) is 6.21 Å². The lowest BCUT2D eigenvalue weighted by Gasteiger charge is -2.06. The van der Waals surface area contributed by atoms with Crippen LogP contribution in [0.5, 0.6) is 5.88 Å². The third-order valence-electron chi connectivity index (χ3n) is 3.62. The molecule has 1 fully saturated rings. The lowest BCUT2D eigenvalue weighted by Crippen LogP contribution is -2.31. The Morgan fingerprint density at radius 2 is 2.15 bits per heavy atom. The minimum absolute atomic E-state index is 0.0296. The summed E-state index contributed by atoms with van der Waals surface area (Å²) in [5.41, 5.74) is 1.49. The van der Waals surface area contributed by atoms with E-state index in [4.69, 9.17) is 0 Å². The van der Waals surface area contributed by atoms with Gasteiger partial charge in [0.2, 0.25) is 5.91 Å². The second kappa shape index (κ2) is 5.36. The quantitative estimate of drug-likeness (QED) is 0.730. The van der Waals surface area contributed by atoms with Gasteiger partial charge in [0.05, 0.1) is 5.56 Å². The molecule has 1 amide bonds. The molecule has 0 radical (unpaired) electrons. The van der Waals surface area contributed by atoms with E-state index < -0.39 is 0 Å². The van der Waals surface area contributed by atoms with Crippen molar-refractivity contribution in [3.05, 3.63) is 29.8 Å². The van der Waals surface area contributed by atoms with Gasteiger partial charge in [-0.2, -0.15) is 0 Å². The van der Waals surface area contributed by atoms with E-state index in [1.165, 1.54) is 0 Å². The standard InChI is InChI=1S/C15H17N3O2/c19-14-11(10-5-1-2-6-12(10)18-14)9-17-13-7-3-4-8-16-15(13)20/h1-2,5-6,9,13,18-19H,3-4,7-8H2,(H,16,20)/t13-/m1/s1. The Bertz CT molecular complexity index is 660. The number of H-pyrrole nitrogens is 1. The highest BCUT2D eigenvalue weighted by molar-refractivity contribution is 6.02. The van der Waals surface area contributed by atoms with Crippen molar-refractivity contribution < 1.29 is 9.90 Å². The predicted molar refractivity (Wildman–Crippen MR) is 78.2 cm³/mol. The van der Waals surface area contributed by atoms with E-state index in [0.717, 1.165) is 36.7 Å². The van der Waals surface area contributed by atoms with Crippen LogP contribution in [0.25, 0.3) is 10.9 Å². The molecule has 0 spiro atoms. The molecule has 1 aromatic carbocycles. The number of aromatic hydroxyl groups is 1. The fourth-order valence-corrected chi connectivity index (χ4v) is 2.51. The number of rotatable bonds is 2. The molecule has 0 unspecified atom stereocenters. The topological polar surface area (TPSA) is 77.5 Å². The molecule has 1 aliphatic rings. The average Bonchev–Trinajstić information content (AvgIpc) is 2.62. The van der Waals surface area contributed by atoms with Crippen molar-refractivity contribution >= 4 is 23.0 Å². The molecule has 2 aromatic rings. The monoisotopic (exact) mass is 271 g/mol. The van der Waals surface area contributed by atoms with E-state index in [9.17, 15) is 9.90 Å². The summed E-state index contributed by atoms with van der Waals surface area (Å²) in [6.07, 6.45) is 4.34. The minimum atomic E-state index is -0.356. The molecule has 1 aromatic heterocycles. The SMILES string of the molecule is O=C1NCCCC[C@H]1N=Cc1c(O)[nH]c2ccccc12. The summed E-state index contributed by atoms with van der Waals surface area (Å²) in [4.78, 5) is 19.1. The molecule has 1 saturated heterocycles. The zero-order valence-electron chi connectivity index (χ0n) is 11.1. The van der Waals surface area contributed by atoms with Gasteiger partial charge in [-0.3, -0.25) is 9.79 Å². The molecular weight excluding hydrogens is 254 g/mol. The number of carbonyl (C=O) groups is 1. The Labute approximate surface area is 116 Å². The molecule has 5 heteroatoms. The molecule has 3 rings (SSSR count). The van der Waals surface area contributed by atoms with Crippen LogP contribution >= 0.6 is 0 Å². The molecule has 0 aliphatic carbocycles. The summed E-state index contributed by atoms with van der Waals surface area (Å²) in [6.45, 7) is 0.725. The van der Waals surface area contributed by atoms with Crippen molar-refractivity contribution in [2.75, 3.05) is 6.54 Å². The Kier molecular flexibility index (Phi) is 3.41. The fraction of sp³-hybridized carbons (Fsp3) is 0.333. The van der Waals surface area contributed by atoms with Crippen LogP contribution in [0.1, 0.15) is 24.8 Å². The maximum atomic E-state index is 11.8. The molecular formula is C15H17N3O2. The minimum Gasteiger partial charge on any atom is -0.494 e. The Hall–Kier alpha value is -2.30. The Morgan fingerprint density at radius 1 is 1.30 bits per heavy atom. The third-order valence-corrected chi connectivity index (χ3v) is 3.62. The highest BCUT2D eigenvalue weighted by atomic mass is 16.3. The number of amides is 1. The maximum absolute atomic E-state index is 11.8. The molecule has 0 bridgehead atoms. The molecule has 104 valence electrons. The van der Waals surface area contributed by atoms with E-state index >= 15 is 0 Å². The number of carbonyl (C=O) groups excluding carboxylic acids is 1. The molecule has 1 aliphatic heterocycles. The first kappa shape index (κ1) is 12.7. The van der Waals surface area contributed by atoms with Crippen LogP contribution in [0.4, 0.5) is 0 Å². The molecule has 0 saturated carbocycles. The molecule has 1 atom stereocenters. The predicted octanol–water partition coefficient (Wildman–Crippen LogP) is 1.96. The van der Waals surface area contributed by atoms with Gasteiger partial charge in [-0.1, -0.05) is 18.2 Å². The van der Waals surface area contributed by atoms with Gasteiger partial charge in [-0.15, -0.1) is 0 Å². The van der Waals surface area contributed by atoms with E-state index in [-0.39, 0.29) is 17.8 Å². The number of hydrogen-bond donors (Lipinski definition) is 3. The van der Waals surface area contributed by atoms with Gasteiger partial charge in [-0.25, -0.2) is 0 Å². The maximum Gasteiger partial charge on any atom is 0.244 e.